The van der Waals surface area contributed by atoms with Crippen LogP contribution in [0.3, 0.4) is 0 Å². The largest absolute Gasteiger partial charge is 0.491 e. The van der Waals surface area contributed by atoms with E-state index in [1.54, 1.807) is 23.1 Å². The number of aliphatic hydroxyl groups is 1. The fourth-order valence-electron chi connectivity index (χ4n) is 4.19. The van der Waals surface area contributed by atoms with Crippen molar-refractivity contribution in [3.63, 3.8) is 0 Å². The van der Waals surface area contributed by atoms with Gasteiger partial charge in [-0.25, -0.2) is 0 Å². The minimum Gasteiger partial charge on any atom is -0.491 e. The standard InChI is InChI=1S/C25H22Cl2N2O3/c26-21-7-6-16(13-22(21)27)18(8-10-30)15-29-9-3-11-32-24-19(14-28)12-17-4-1-2-5-20(17)23(24)25(29)31/h1-2,4-7,12-13,18,30H,3,8-11,15H2/t18-/m1/s1. The fourth-order valence-corrected chi connectivity index (χ4v) is 4.50. The molecule has 0 aromatic heterocycles. The van der Waals surface area contributed by atoms with Crippen LogP contribution in [0, 0.1) is 11.3 Å². The van der Waals surface area contributed by atoms with Gasteiger partial charge in [0.1, 0.15) is 11.8 Å². The smallest absolute Gasteiger partial charge is 0.258 e. The van der Waals surface area contributed by atoms with Crippen LogP contribution in [0.15, 0.2) is 48.5 Å². The van der Waals surface area contributed by atoms with Gasteiger partial charge in [0.2, 0.25) is 0 Å². The van der Waals surface area contributed by atoms with Crippen LogP contribution in [-0.4, -0.2) is 42.2 Å². The van der Waals surface area contributed by atoms with Crippen LogP contribution < -0.4 is 4.74 Å². The van der Waals surface area contributed by atoms with E-state index < -0.39 is 0 Å². The summed E-state index contributed by atoms with van der Waals surface area (Å²) < 4.78 is 5.90. The average molecular weight is 469 g/mol. The molecule has 1 heterocycles. The van der Waals surface area contributed by atoms with Gasteiger partial charge < -0.3 is 14.7 Å². The zero-order valence-corrected chi connectivity index (χ0v) is 18.9. The average Bonchev–Trinajstić information content (AvgIpc) is 2.79. The van der Waals surface area contributed by atoms with Crippen LogP contribution in [0.4, 0.5) is 0 Å². The Morgan fingerprint density at radius 3 is 2.72 bits per heavy atom. The predicted octanol–water partition coefficient (Wildman–Crippen LogP) is 5.41. The first-order valence-corrected chi connectivity index (χ1v) is 11.2. The van der Waals surface area contributed by atoms with Crippen molar-refractivity contribution < 1.29 is 14.6 Å². The molecule has 164 valence electrons. The number of carbonyl (C=O) groups is 1. The zero-order valence-electron chi connectivity index (χ0n) is 17.4. The Morgan fingerprint density at radius 2 is 1.97 bits per heavy atom. The van der Waals surface area contributed by atoms with Gasteiger partial charge in [0.15, 0.2) is 0 Å². The number of hydrogen-bond donors (Lipinski definition) is 1. The molecule has 0 bridgehead atoms. The summed E-state index contributed by atoms with van der Waals surface area (Å²) >= 11 is 12.3. The predicted molar refractivity (Wildman–Crippen MR) is 126 cm³/mol. The lowest BCUT2D eigenvalue weighted by atomic mass is 9.94. The molecule has 7 heteroatoms. The van der Waals surface area contributed by atoms with Gasteiger partial charge in [-0.3, -0.25) is 4.79 Å². The number of carbonyl (C=O) groups excluding carboxylic acids is 1. The Balaban J connectivity index is 1.76. The number of rotatable bonds is 5. The molecule has 0 saturated carbocycles. The van der Waals surface area contributed by atoms with E-state index in [1.165, 1.54) is 0 Å². The van der Waals surface area contributed by atoms with Crippen LogP contribution in [0.2, 0.25) is 10.0 Å². The number of hydrogen-bond acceptors (Lipinski definition) is 4. The van der Waals surface area contributed by atoms with Crippen molar-refractivity contribution >= 4 is 39.9 Å². The molecule has 0 radical (unpaired) electrons. The number of nitrogens with zero attached hydrogens (tertiary/aromatic N) is 2. The molecule has 3 aromatic rings. The maximum atomic E-state index is 13.8. The van der Waals surface area contributed by atoms with E-state index in [1.807, 2.05) is 30.3 Å². The van der Waals surface area contributed by atoms with E-state index >= 15 is 0 Å². The van der Waals surface area contributed by atoms with Gasteiger partial charge in [-0.05, 0) is 47.4 Å². The van der Waals surface area contributed by atoms with Crippen molar-refractivity contribution in [1.82, 2.24) is 4.90 Å². The van der Waals surface area contributed by atoms with Crippen LogP contribution in [0.5, 0.6) is 5.75 Å². The summed E-state index contributed by atoms with van der Waals surface area (Å²) in [7, 11) is 0. The molecule has 1 N–H and O–H groups in total. The minimum absolute atomic E-state index is 0.0197. The molecule has 3 aromatic carbocycles. The summed E-state index contributed by atoms with van der Waals surface area (Å²) in [4.78, 5) is 15.6. The van der Waals surface area contributed by atoms with Crippen molar-refractivity contribution in [2.45, 2.75) is 18.8 Å². The van der Waals surface area contributed by atoms with Crippen LogP contribution in [-0.2, 0) is 0 Å². The van der Waals surface area contributed by atoms with Crippen molar-refractivity contribution in [3.05, 3.63) is 75.3 Å². The number of ether oxygens (including phenoxy) is 1. The van der Waals surface area contributed by atoms with Crippen molar-refractivity contribution in [2.75, 3.05) is 26.3 Å². The third-order valence-electron chi connectivity index (χ3n) is 5.78. The monoisotopic (exact) mass is 468 g/mol. The molecule has 0 unspecified atom stereocenters. The van der Waals surface area contributed by atoms with E-state index in [4.69, 9.17) is 27.9 Å². The highest BCUT2D eigenvalue weighted by atomic mass is 35.5. The second kappa shape index (κ2) is 9.79. The molecule has 0 aliphatic carbocycles. The van der Waals surface area contributed by atoms with Gasteiger partial charge in [0, 0.05) is 25.6 Å². The van der Waals surface area contributed by atoms with E-state index in [0.29, 0.717) is 59.5 Å². The Hall–Kier alpha value is -2.78. The highest BCUT2D eigenvalue weighted by Crippen LogP contribution is 2.35. The maximum absolute atomic E-state index is 13.8. The molecule has 1 aliphatic heterocycles. The number of halogens is 2. The van der Waals surface area contributed by atoms with Crippen molar-refractivity contribution in [2.24, 2.45) is 0 Å². The Morgan fingerprint density at radius 1 is 1.16 bits per heavy atom. The summed E-state index contributed by atoms with van der Waals surface area (Å²) in [5.41, 5.74) is 1.68. The molecule has 0 saturated heterocycles. The summed E-state index contributed by atoms with van der Waals surface area (Å²) in [6.07, 6.45) is 1.11. The SMILES string of the molecule is N#Cc1cc2ccccc2c2c1OCCCN(C[C@@H](CCO)c1ccc(Cl)c(Cl)c1)C2=O. The lowest BCUT2D eigenvalue weighted by molar-refractivity contribution is 0.0710. The Kier molecular flexibility index (Phi) is 6.86. The number of aliphatic hydroxyl groups excluding tert-OH is 1. The fraction of sp³-hybridized carbons (Fsp3) is 0.280. The van der Waals surface area contributed by atoms with Gasteiger partial charge >= 0.3 is 0 Å². The summed E-state index contributed by atoms with van der Waals surface area (Å²) in [6, 6.07) is 16.8. The Bertz CT molecular complexity index is 1210. The molecular formula is C25H22Cl2N2O3. The third kappa shape index (κ3) is 4.40. The number of fused-ring (bicyclic) bond motifs is 3. The molecule has 1 amide bonds. The second-order valence-corrected chi connectivity index (χ2v) is 8.61. The van der Waals surface area contributed by atoms with E-state index in [0.717, 1.165) is 16.3 Å². The zero-order chi connectivity index (χ0) is 22.7. The van der Waals surface area contributed by atoms with Crippen molar-refractivity contribution in [1.29, 1.82) is 5.26 Å². The highest BCUT2D eigenvalue weighted by molar-refractivity contribution is 6.42. The normalized spacial score (nSPS) is 14.8. The first-order chi connectivity index (χ1) is 15.5. The number of amides is 1. The number of benzene rings is 3. The summed E-state index contributed by atoms with van der Waals surface area (Å²) in [6.45, 7) is 1.30. The molecular weight excluding hydrogens is 447 g/mol. The van der Waals surface area contributed by atoms with E-state index in [9.17, 15) is 15.2 Å². The second-order valence-electron chi connectivity index (χ2n) is 7.80. The van der Waals surface area contributed by atoms with E-state index in [2.05, 4.69) is 6.07 Å². The lowest BCUT2D eigenvalue weighted by Gasteiger charge is -2.31. The first-order valence-electron chi connectivity index (χ1n) is 10.5. The number of nitriles is 1. The topological polar surface area (TPSA) is 73.6 Å². The molecule has 4 rings (SSSR count). The third-order valence-corrected chi connectivity index (χ3v) is 6.51. The van der Waals surface area contributed by atoms with Gasteiger partial charge in [-0.1, -0.05) is 53.5 Å². The van der Waals surface area contributed by atoms with Gasteiger partial charge in [0.05, 0.1) is 27.8 Å². The quantitative estimate of drug-likeness (QED) is 0.543. The van der Waals surface area contributed by atoms with Crippen molar-refractivity contribution in [3.8, 4) is 11.8 Å². The summed E-state index contributed by atoms with van der Waals surface area (Å²) in [5.74, 6) is 0.0399. The van der Waals surface area contributed by atoms with Gasteiger partial charge in [-0.2, -0.15) is 5.26 Å². The molecule has 0 fully saturated rings. The lowest BCUT2D eigenvalue weighted by Crippen LogP contribution is -2.38. The molecule has 1 aliphatic rings. The van der Waals surface area contributed by atoms with E-state index in [-0.39, 0.29) is 18.4 Å². The molecule has 1 atom stereocenters. The van der Waals surface area contributed by atoms with Crippen LogP contribution >= 0.6 is 23.2 Å². The highest BCUT2D eigenvalue weighted by Gasteiger charge is 2.29. The molecule has 0 spiro atoms. The van der Waals surface area contributed by atoms with Gasteiger partial charge in [-0.15, -0.1) is 0 Å². The molecule has 32 heavy (non-hydrogen) atoms. The van der Waals surface area contributed by atoms with Gasteiger partial charge in [0.25, 0.3) is 5.91 Å². The molecule has 5 nitrogen and oxygen atoms in total. The Labute approximate surface area is 196 Å². The minimum atomic E-state index is -0.184. The first kappa shape index (κ1) is 22.4. The van der Waals surface area contributed by atoms with Crippen LogP contribution in [0.1, 0.15) is 40.2 Å². The van der Waals surface area contributed by atoms with Crippen LogP contribution in [0.25, 0.3) is 10.8 Å². The maximum Gasteiger partial charge on any atom is 0.258 e. The summed E-state index contributed by atoms with van der Waals surface area (Å²) in [5, 5.41) is 21.8.